The highest BCUT2D eigenvalue weighted by atomic mass is 32.1. The van der Waals surface area contributed by atoms with E-state index in [0.717, 1.165) is 32.1 Å². The largest absolute Gasteiger partial charge is 0.392 e. The first-order valence-corrected chi connectivity index (χ1v) is 9.10. The summed E-state index contributed by atoms with van der Waals surface area (Å²) in [6.45, 7) is 0.439. The van der Waals surface area contributed by atoms with Gasteiger partial charge in [-0.15, -0.1) is 11.3 Å². The van der Waals surface area contributed by atoms with Crippen LogP contribution in [0.1, 0.15) is 54.9 Å². The van der Waals surface area contributed by atoms with Gasteiger partial charge in [-0.05, 0) is 49.1 Å². The van der Waals surface area contributed by atoms with Crippen LogP contribution < -0.4 is 5.73 Å². The summed E-state index contributed by atoms with van der Waals surface area (Å²) in [4.78, 5) is 16.9. The number of carbonyl (C=O) groups excluding carboxylic acids is 1. The molecule has 1 fully saturated rings. The highest BCUT2D eigenvalue weighted by Crippen LogP contribution is 2.37. The van der Waals surface area contributed by atoms with Crippen LogP contribution in [0.5, 0.6) is 0 Å². The van der Waals surface area contributed by atoms with Crippen LogP contribution in [0.25, 0.3) is 0 Å². The van der Waals surface area contributed by atoms with Gasteiger partial charge in [-0.1, -0.05) is 25.1 Å². The van der Waals surface area contributed by atoms with Gasteiger partial charge in [0.05, 0.1) is 17.5 Å². The smallest absolute Gasteiger partial charge is 0.230 e. The van der Waals surface area contributed by atoms with Crippen molar-refractivity contribution >= 4 is 34.5 Å². The molecule has 5 heteroatoms. The Labute approximate surface area is 135 Å². The van der Waals surface area contributed by atoms with Gasteiger partial charge in [0.2, 0.25) is 5.91 Å². The molecule has 21 heavy (non-hydrogen) atoms. The van der Waals surface area contributed by atoms with Gasteiger partial charge < -0.3 is 10.6 Å². The number of amides is 1. The van der Waals surface area contributed by atoms with E-state index in [0.29, 0.717) is 17.6 Å². The maximum Gasteiger partial charge on any atom is 0.230 e. The number of nitrogens with two attached hydrogens (primary N) is 1. The van der Waals surface area contributed by atoms with E-state index >= 15 is 0 Å². The molecular formula is C16H22N2OS2. The second-order valence-electron chi connectivity index (χ2n) is 6.11. The zero-order chi connectivity index (χ0) is 14.8. The second-order valence-corrected chi connectivity index (χ2v) is 7.64. The minimum Gasteiger partial charge on any atom is -0.392 e. The quantitative estimate of drug-likeness (QED) is 0.866. The lowest BCUT2D eigenvalue weighted by atomic mass is 9.86. The van der Waals surface area contributed by atoms with Crippen LogP contribution in [0.15, 0.2) is 11.4 Å². The number of hydrogen-bond donors (Lipinski definition) is 1. The molecule has 0 aliphatic heterocycles. The zero-order valence-electron chi connectivity index (χ0n) is 12.2. The third-order valence-electron chi connectivity index (χ3n) is 4.72. The predicted molar refractivity (Wildman–Crippen MR) is 90.8 cm³/mol. The SMILES string of the molecule is NC(=S)CN(C(=O)C1CCCc2sccc21)C1CCCC1. The number of thiophene rings is 1. The number of carbonyl (C=O) groups is 1. The van der Waals surface area contributed by atoms with Crippen LogP contribution in [0, 0.1) is 0 Å². The Morgan fingerprint density at radius 1 is 1.33 bits per heavy atom. The van der Waals surface area contributed by atoms with Crippen LogP contribution in [0.3, 0.4) is 0 Å². The molecule has 0 spiro atoms. The van der Waals surface area contributed by atoms with Crippen molar-refractivity contribution in [3.63, 3.8) is 0 Å². The van der Waals surface area contributed by atoms with Crippen LogP contribution in [0.2, 0.25) is 0 Å². The first-order valence-electron chi connectivity index (χ1n) is 7.82. The fraction of sp³-hybridized carbons (Fsp3) is 0.625. The number of aryl methyl sites for hydroxylation is 1. The average molecular weight is 322 g/mol. The van der Waals surface area contributed by atoms with E-state index in [-0.39, 0.29) is 11.8 Å². The summed E-state index contributed by atoms with van der Waals surface area (Å²) in [6, 6.07) is 2.47. The molecule has 0 aromatic carbocycles. The van der Waals surface area contributed by atoms with Gasteiger partial charge in [-0.25, -0.2) is 0 Å². The van der Waals surface area contributed by atoms with Crippen molar-refractivity contribution in [3.05, 3.63) is 21.9 Å². The van der Waals surface area contributed by atoms with Gasteiger partial charge in [0, 0.05) is 10.9 Å². The monoisotopic (exact) mass is 322 g/mol. The summed E-state index contributed by atoms with van der Waals surface area (Å²) in [7, 11) is 0. The molecule has 0 bridgehead atoms. The number of thiocarbonyl (C=S) groups is 1. The van der Waals surface area contributed by atoms with E-state index in [1.54, 1.807) is 11.3 Å². The van der Waals surface area contributed by atoms with Crippen LogP contribution in [-0.2, 0) is 11.2 Å². The molecule has 1 unspecified atom stereocenters. The van der Waals surface area contributed by atoms with E-state index < -0.39 is 0 Å². The Morgan fingerprint density at radius 3 is 2.81 bits per heavy atom. The van der Waals surface area contributed by atoms with Crippen molar-refractivity contribution in [2.75, 3.05) is 6.54 Å². The molecule has 0 radical (unpaired) electrons. The molecule has 3 nitrogen and oxygen atoms in total. The number of nitrogens with zero attached hydrogens (tertiary/aromatic N) is 1. The minimum absolute atomic E-state index is 0.0231. The molecular weight excluding hydrogens is 300 g/mol. The molecule has 1 saturated carbocycles. The number of fused-ring (bicyclic) bond motifs is 1. The summed E-state index contributed by atoms with van der Waals surface area (Å²) in [5, 5.41) is 2.11. The van der Waals surface area contributed by atoms with Gasteiger partial charge in [-0.2, -0.15) is 0 Å². The molecule has 2 N–H and O–H groups in total. The lowest BCUT2D eigenvalue weighted by Gasteiger charge is -2.33. The standard InChI is InChI=1S/C16H22N2OS2/c17-15(20)10-18(11-4-1-2-5-11)16(19)13-6-3-7-14-12(13)8-9-21-14/h8-9,11,13H,1-7,10H2,(H2,17,20). The van der Waals surface area contributed by atoms with Gasteiger partial charge in [0.15, 0.2) is 0 Å². The van der Waals surface area contributed by atoms with Crippen LogP contribution >= 0.6 is 23.6 Å². The summed E-state index contributed by atoms with van der Waals surface area (Å²) in [5.41, 5.74) is 6.99. The summed E-state index contributed by atoms with van der Waals surface area (Å²) in [5.74, 6) is 0.268. The average Bonchev–Trinajstić information content (AvgIpc) is 3.13. The lowest BCUT2D eigenvalue weighted by molar-refractivity contribution is -0.134. The van der Waals surface area contributed by atoms with Crippen molar-refractivity contribution in [2.24, 2.45) is 5.73 Å². The summed E-state index contributed by atoms with van der Waals surface area (Å²) >= 11 is 6.86. The van der Waals surface area contributed by atoms with E-state index in [4.69, 9.17) is 18.0 Å². The van der Waals surface area contributed by atoms with Crippen LogP contribution in [0.4, 0.5) is 0 Å². The first kappa shape index (κ1) is 15.0. The fourth-order valence-corrected chi connectivity index (χ4v) is 4.84. The van der Waals surface area contributed by atoms with Crippen molar-refractivity contribution in [1.82, 2.24) is 4.90 Å². The highest BCUT2D eigenvalue weighted by Gasteiger charge is 2.34. The maximum absolute atomic E-state index is 13.1. The third kappa shape index (κ3) is 3.14. The van der Waals surface area contributed by atoms with Gasteiger partial charge >= 0.3 is 0 Å². The molecule has 2 aliphatic carbocycles. The normalized spacial score (nSPS) is 22.0. The first-order chi connectivity index (χ1) is 10.2. The molecule has 1 aromatic heterocycles. The molecule has 2 aliphatic rings. The molecule has 1 atom stereocenters. The Balaban J connectivity index is 1.82. The maximum atomic E-state index is 13.1. The van der Waals surface area contributed by atoms with Gasteiger partial charge in [0.1, 0.15) is 0 Å². The Kier molecular flexibility index (Phi) is 4.60. The Morgan fingerprint density at radius 2 is 2.10 bits per heavy atom. The predicted octanol–water partition coefficient (Wildman–Crippen LogP) is 3.23. The Bertz CT molecular complexity index is 534. The molecule has 1 aromatic rings. The van der Waals surface area contributed by atoms with Crippen LogP contribution in [-0.4, -0.2) is 28.4 Å². The highest BCUT2D eigenvalue weighted by molar-refractivity contribution is 7.80. The van der Waals surface area contributed by atoms with E-state index in [1.807, 2.05) is 4.90 Å². The number of rotatable bonds is 4. The lowest BCUT2D eigenvalue weighted by Crippen LogP contribution is -2.46. The molecule has 0 saturated heterocycles. The molecule has 1 amide bonds. The minimum atomic E-state index is 0.0231. The van der Waals surface area contributed by atoms with Crippen molar-refractivity contribution in [2.45, 2.75) is 56.9 Å². The summed E-state index contributed by atoms with van der Waals surface area (Å²) in [6.07, 6.45) is 7.80. The van der Waals surface area contributed by atoms with E-state index in [1.165, 1.54) is 23.3 Å². The Hall–Kier alpha value is -0.940. The fourth-order valence-electron chi connectivity index (χ4n) is 3.71. The molecule has 3 rings (SSSR count). The second kappa shape index (κ2) is 6.44. The zero-order valence-corrected chi connectivity index (χ0v) is 13.8. The van der Waals surface area contributed by atoms with Crippen molar-refractivity contribution < 1.29 is 4.79 Å². The van der Waals surface area contributed by atoms with Crippen molar-refractivity contribution in [1.29, 1.82) is 0 Å². The van der Waals surface area contributed by atoms with Gasteiger partial charge in [-0.3, -0.25) is 4.79 Å². The third-order valence-corrected chi connectivity index (χ3v) is 5.85. The number of hydrogen-bond acceptors (Lipinski definition) is 3. The van der Waals surface area contributed by atoms with Crippen molar-refractivity contribution in [3.8, 4) is 0 Å². The summed E-state index contributed by atoms with van der Waals surface area (Å²) < 4.78 is 0. The molecule has 114 valence electrons. The topological polar surface area (TPSA) is 46.3 Å². The van der Waals surface area contributed by atoms with Gasteiger partial charge in [0.25, 0.3) is 0 Å². The van der Waals surface area contributed by atoms with E-state index in [9.17, 15) is 4.79 Å². The molecule has 1 heterocycles. The van der Waals surface area contributed by atoms with E-state index in [2.05, 4.69) is 11.4 Å².